The predicted octanol–water partition coefficient (Wildman–Crippen LogP) is 2.54. The van der Waals surface area contributed by atoms with Crippen LogP contribution in [0.2, 0.25) is 0 Å². The second-order valence-electron chi connectivity index (χ2n) is 6.02. The first-order valence-electron chi connectivity index (χ1n) is 8.23. The van der Waals surface area contributed by atoms with Crippen molar-refractivity contribution in [3.63, 3.8) is 0 Å². The minimum atomic E-state index is -0.359. The number of urea groups is 1. The summed E-state index contributed by atoms with van der Waals surface area (Å²) in [6.45, 7) is 7.12. The molecule has 0 saturated heterocycles. The van der Waals surface area contributed by atoms with Crippen LogP contribution in [0.5, 0.6) is 0 Å². The number of nitrogens with zero attached hydrogens (tertiary/aromatic N) is 3. The quantitative estimate of drug-likeness (QED) is 0.875. The number of carbonyl (C=O) groups excluding carboxylic acids is 2. The van der Waals surface area contributed by atoms with Gasteiger partial charge >= 0.3 is 6.03 Å². The summed E-state index contributed by atoms with van der Waals surface area (Å²) in [6.07, 6.45) is 0. The summed E-state index contributed by atoms with van der Waals surface area (Å²) < 4.78 is 1.91. The maximum absolute atomic E-state index is 12.3. The summed E-state index contributed by atoms with van der Waals surface area (Å²) in [5.41, 5.74) is 3.89. The molecule has 0 atom stereocenters. The van der Waals surface area contributed by atoms with E-state index in [-0.39, 0.29) is 11.9 Å². The highest BCUT2D eigenvalue weighted by molar-refractivity contribution is 6.03. The molecule has 0 fully saturated rings. The number of aryl methyl sites for hydroxylation is 2. The molecule has 1 heterocycles. The minimum absolute atomic E-state index is 0.160. The average Bonchev–Trinajstić information content (AvgIpc) is 2.86. The molecule has 0 unspecified atom stereocenters. The Hall–Kier alpha value is -2.83. The standard InChI is InChI=1S/C18H25N5O2/c1-6-23-13(3)15(12(2)21-23)11-19-18(25)20-16-10-8-7-9-14(16)17(24)22(4)5/h7-10H,6,11H2,1-5H3,(H2,19,20,25). The molecule has 2 N–H and O–H groups in total. The highest BCUT2D eigenvalue weighted by Gasteiger charge is 2.15. The number of para-hydroxylation sites is 1. The molecular weight excluding hydrogens is 318 g/mol. The molecule has 0 radical (unpaired) electrons. The van der Waals surface area contributed by atoms with Gasteiger partial charge in [0, 0.05) is 38.4 Å². The molecule has 0 aliphatic heterocycles. The van der Waals surface area contributed by atoms with E-state index in [9.17, 15) is 9.59 Å². The van der Waals surface area contributed by atoms with Gasteiger partial charge in [-0.2, -0.15) is 5.10 Å². The topological polar surface area (TPSA) is 79.3 Å². The molecule has 134 valence electrons. The van der Waals surface area contributed by atoms with Gasteiger partial charge in [0.15, 0.2) is 0 Å². The normalized spacial score (nSPS) is 10.4. The van der Waals surface area contributed by atoms with Crippen molar-refractivity contribution in [1.29, 1.82) is 0 Å². The van der Waals surface area contributed by atoms with Crippen molar-refractivity contribution < 1.29 is 9.59 Å². The van der Waals surface area contributed by atoms with E-state index in [2.05, 4.69) is 15.7 Å². The van der Waals surface area contributed by atoms with Gasteiger partial charge in [0.05, 0.1) is 16.9 Å². The summed E-state index contributed by atoms with van der Waals surface area (Å²) >= 11 is 0. The van der Waals surface area contributed by atoms with Gasteiger partial charge < -0.3 is 15.5 Å². The van der Waals surface area contributed by atoms with Crippen molar-refractivity contribution in [2.45, 2.75) is 33.9 Å². The first kappa shape index (κ1) is 18.5. The van der Waals surface area contributed by atoms with Gasteiger partial charge in [-0.05, 0) is 32.9 Å². The van der Waals surface area contributed by atoms with Crippen LogP contribution < -0.4 is 10.6 Å². The first-order valence-corrected chi connectivity index (χ1v) is 8.23. The van der Waals surface area contributed by atoms with E-state index in [0.717, 1.165) is 23.5 Å². The van der Waals surface area contributed by atoms with Crippen LogP contribution in [0, 0.1) is 13.8 Å². The van der Waals surface area contributed by atoms with Crippen molar-refractivity contribution in [3.8, 4) is 0 Å². The Morgan fingerprint density at radius 2 is 1.88 bits per heavy atom. The lowest BCUT2D eigenvalue weighted by molar-refractivity contribution is 0.0828. The molecule has 2 aromatic rings. The van der Waals surface area contributed by atoms with E-state index < -0.39 is 0 Å². The molecule has 7 nitrogen and oxygen atoms in total. The molecular formula is C18H25N5O2. The number of benzene rings is 1. The lowest BCUT2D eigenvalue weighted by Crippen LogP contribution is -2.30. The fourth-order valence-electron chi connectivity index (χ4n) is 2.65. The van der Waals surface area contributed by atoms with Crippen LogP contribution in [-0.2, 0) is 13.1 Å². The fourth-order valence-corrected chi connectivity index (χ4v) is 2.65. The lowest BCUT2D eigenvalue weighted by atomic mass is 10.1. The summed E-state index contributed by atoms with van der Waals surface area (Å²) in [6, 6.07) is 6.59. The Balaban J connectivity index is 2.07. The van der Waals surface area contributed by atoms with Gasteiger partial charge in [-0.1, -0.05) is 12.1 Å². The highest BCUT2D eigenvalue weighted by atomic mass is 16.2. The smallest absolute Gasteiger partial charge is 0.319 e. The largest absolute Gasteiger partial charge is 0.345 e. The molecule has 1 aromatic heterocycles. The molecule has 0 aliphatic rings. The Bertz CT molecular complexity index is 780. The molecule has 3 amide bonds. The maximum Gasteiger partial charge on any atom is 0.319 e. The number of hydrogen-bond donors (Lipinski definition) is 2. The van der Waals surface area contributed by atoms with Gasteiger partial charge in [-0.15, -0.1) is 0 Å². The van der Waals surface area contributed by atoms with E-state index in [4.69, 9.17) is 0 Å². The van der Waals surface area contributed by atoms with E-state index >= 15 is 0 Å². The van der Waals surface area contributed by atoms with Crippen LogP contribution in [0.25, 0.3) is 0 Å². The second kappa shape index (κ2) is 7.83. The van der Waals surface area contributed by atoms with Crippen molar-refractivity contribution in [1.82, 2.24) is 20.0 Å². The van der Waals surface area contributed by atoms with Crippen LogP contribution >= 0.6 is 0 Å². The summed E-state index contributed by atoms with van der Waals surface area (Å²) in [4.78, 5) is 25.9. The van der Waals surface area contributed by atoms with Gasteiger partial charge in [0.25, 0.3) is 5.91 Å². The van der Waals surface area contributed by atoms with Gasteiger partial charge in [0.1, 0.15) is 0 Å². The van der Waals surface area contributed by atoms with Crippen molar-refractivity contribution in [2.75, 3.05) is 19.4 Å². The Labute approximate surface area is 148 Å². The molecule has 7 heteroatoms. The van der Waals surface area contributed by atoms with Gasteiger partial charge in [-0.25, -0.2) is 4.79 Å². The SMILES string of the molecule is CCn1nc(C)c(CNC(=O)Nc2ccccc2C(=O)N(C)C)c1C. The van der Waals surface area contributed by atoms with Crippen molar-refractivity contribution in [3.05, 3.63) is 46.8 Å². The Morgan fingerprint density at radius 1 is 1.20 bits per heavy atom. The van der Waals surface area contributed by atoms with E-state index in [1.54, 1.807) is 38.4 Å². The third-order valence-electron chi connectivity index (χ3n) is 4.07. The van der Waals surface area contributed by atoms with E-state index in [1.165, 1.54) is 4.90 Å². The summed E-state index contributed by atoms with van der Waals surface area (Å²) in [5.74, 6) is -0.160. The Kier molecular flexibility index (Phi) is 5.80. The number of aromatic nitrogens is 2. The summed E-state index contributed by atoms with van der Waals surface area (Å²) in [7, 11) is 3.35. The van der Waals surface area contributed by atoms with E-state index in [0.29, 0.717) is 17.8 Å². The van der Waals surface area contributed by atoms with Crippen LogP contribution in [0.15, 0.2) is 24.3 Å². The van der Waals surface area contributed by atoms with Crippen LogP contribution in [0.3, 0.4) is 0 Å². The molecule has 0 bridgehead atoms. The number of anilines is 1. The van der Waals surface area contributed by atoms with E-state index in [1.807, 2.05) is 25.5 Å². The summed E-state index contributed by atoms with van der Waals surface area (Å²) in [5, 5.41) is 10.0. The molecule has 0 aliphatic carbocycles. The molecule has 2 rings (SSSR count). The first-order chi connectivity index (χ1) is 11.8. The van der Waals surface area contributed by atoms with Gasteiger partial charge in [0.2, 0.25) is 0 Å². The van der Waals surface area contributed by atoms with Gasteiger partial charge in [-0.3, -0.25) is 9.48 Å². The number of hydrogen-bond acceptors (Lipinski definition) is 3. The number of nitrogens with one attached hydrogen (secondary N) is 2. The van der Waals surface area contributed by atoms with Crippen molar-refractivity contribution in [2.24, 2.45) is 0 Å². The zero-order chi connectivity index (χ0) is 18.6. The molecule has 25 heavy (non-hydrogen) atoms. The molecule has 0 saturated carbocycles. The van der Waals surface area contributed by atoms with Crippen LogP contribution in [-0.4, -0.2) is 40.7 Å². The zero-order valence-corrected chi connectivity index (χ0v) is 15.4. The fraction of sp³-hybridized carbons (Fsp3) is 0.389. The monoisotopic (exact) mass is 343 g/mol. The lowest BCUT2D eigenvalue weighted by Gasteiger charge is -2.15. The predicted molar refractivity (Wildman–Crippen MR) is 97.7 cm³/mol. The average molecular weight is 343 g/mol. The number of amides is 3. The minimum Gasteiger partial charge on any atom is -0.345 e. The maximum atomic E-state index is 12.3. The number of rotatable bonds is 5. The molecule has 1 aromatic carbocycles. The van der Waals surface area contributed by atoms with Crippen LogP contribution in [0.1, 0.15) is 34.2 Å². The highest BCUT2D eigenvalue weighted by Crippen LogP contribution is 2.17. The second-order valence-corrected chi connectivity index (χ2v) is 6.02. The Morgan fingerprint density at radius 3 is 2.48 bits per heavy atom. The van der Waals surface area contributed by atoms with Crippen LogP contribution in [0.4, 0.5) is 10.5 Å². The number of carbonyl (C=O) groups is 2. The third kappa shape index (κ3) is 4.17. The zero-order valence-electron chi connectivity index (χ0n) is 15.4. The van der Waals surface area contributed by atoms with Crippen molar-refractivity contribution >= 4 is 17.6 Å². The molecule has 0 spiro atoms. The third-order valence-corrected chi connectivity index (χ3v) is 4.07.